The van der Waals surface area contributed by atoms with Crippen LogP contribution in [0.3, 0.4) is 0 Å². The molecule has 0 aliphatic carbocycles. The summed E-state index contributed by atoms with van der Waals surface area (Å²) in [6.45, 7) is 1.06. The number of aromatic nitrogens is 1. The Morgan fingerprint density at radius 2 is 1.61 bits per heavy atom. The number of pyridine rings is 1. The molecule has 0 atom stereocenters. The zero-order valence-corrected chi connectivity index (χ0v) is 17.7. The lowest BCUT2D eigenvalue weighted by Crippen LogP contribution is -2.39. The minimum Gasteiger partial charge on any atom is -0.741 e. The first-order valence-electron chi connectivity index (χ1n) is 9.39. The Morgan fingerprint density at radius 1 is 0.968 bits per heavy atom. The number of anilines is 1. The van der Waals surface area contributed by atoms with E-state index in [1.165, 1.54) is 33.6 Å². The van der Waals surface area contributed by atoms with Crippen LogP contribution in [0.2, 0.25) is 0 Å². The zero-order chi connectivity index (χ0) is 22.8. The summed E-state index contributed by atoms with van der Waals surface area (Å²) in [6.07, 6.45) is 3.28. The quantitative estimate of drug-likeness (QED) is 0.337. The first-order chi connectivity index (χ1) is 14.5. The summed E-state index contributed by atoms with van der Waals surface area (Å²) in [5, 5.41) is 0. The Hall–Kier alpha value is -2.91. The summed E-state index contributed by atoms with van der Waals surface area (Å²) in [6, 6.07) is 22.0. The van der Waals surface area contributed by atoms with Crippen LogP contribution in [-0.4, -0.2) is 32.6 Å². The molecule has 2 heterocycles. The first kappa shape index (κ1) is 22.8. The van der Waals surface area contributed by atoms with Crippen molar-refractivity contribution >= 4 is 15.8 Å². The molecule has 31 heavy (non-hydrogen) atoms. The predicted octanol–water partition coefficient (Wildman–Crippen LogP) is 3.98. The molecule has 5 nitrogen and oxygen atoms in total. The predicted molar refractivity (Wildman–Crippen MR) is 111 cm³/mol. The number of halogens is 3. The third-order valence-corrected chi connectivity index (χ3v) is 5.51. The van der Waals surface area contributed by atoms with Gasteiger partial charge in [-0.3, -0.25) is 0 Å². The molecule has 0 fully saturated rings. The van der Waals surface area contributed by atoms with Crippen LogP contribution in [0.15, 0.2) is 66.9 Å². The van der Waals surface area contributed by atoms with Gasteiger partial charge in [0.1, 0.15) is 0 Å². The Bertz CT molecular complexity index is 1180. The van der Waals surface area contributed by atoms with Crippen molar-refractivity contribution in [3.8, 4) is 22.4 Å². The number of hydrogen-bond donors (Lipinski definition) is 0. The minimum atomic E-state index is -6.09. The molecule has 0 N–H and O–H groups in total. The molecular formula is C22H21F3N2O3S. The van der Waals surface area contributed by atoms with Crippen LogP contribution < -0.4 is 9.47 Å². The molecule has 0 saturated carbocycles. The topological polar surface area (TPSA) is 64.3 Å². The summed E-state index contributed by atoms with van der Waals surface area (Å²) < 4.78 is 61.3. The summed E-state index contributed by atoms with van der Waals surface area (Å²) in [4.78, 5) is 2.13. The molecule has 2 aromatic carbocycles. The Labute approximate surface area is 179 Å². The van der Waals surface area contributed by atoms with Crippen molar-refractivity contribution in [1.29, 1.82) is 0 Å². The van der Waals surface area contributed by atoms with Crippen LogP contribution in [0.5, 0.6) is 0 Å². The smallest absolute Gasteiger partial charge is 0.485 e. The summed E-state index contributed by atoms with van der Waals surface area (Å²) in [7, 11) is -1.94. The SMILES string of the molecule is CN(C)c1ccc(-c2cccc3c2-c2cccc[n+]2CC3)cc1.O=S(=O)([O-])C(F)(F)F. The van der Waals surface area contributed by atoms with E-state index in [0.717, 1.165) is 13.0 Å². The van der Waals surface area contributed by atoms with Crippen molar-refractivity contribution in [2.45, 2.75) is 18.5 Å². The lowest BCUT2D eigenvalue weighted by Gasteiger charge is -2.19. The fraction of sp³-hybridized carbons (Fsp3) is 0.227. The molecule has 164 valence electrons. The molecule has 0 spiro atoms. The van der Waals surface area contributed by atoms with Gasteiger partial charge in [-0.1, -0.05) is 30.3 Å². The highest BCUT2D eigenvalue weighted by atomic mass is 32.2. The molecule has 3 aromatic rings. The van der Waals surface area contributed by atoms with Gasteiger partial charge in [0.2, 0.25) is 5.69 Å². The molecule has 0 amide bonds. The maximum absolute atomic E-state index is 10.7. The first-order valence-corrected chi connectivity index (χ1v) is 10.8. The second-order valence-electron chi connectivity index (χ2n) is 7.21. The Kier molecular flexibility index (Phi) is 6.38. The number of nitrogens with zero attached hydrogens (tertiary/aromatic N) is 2. The van der Waals surface area contributed by atoms with Gasteiger partial charge in [-0.15, -0.1) is 0 Å². The Morgan fingerprint density at radius 3 is 2.19 bits per heavy atom. The van der Waals surface area contributed by atoms with Crippen molar-refractivity contribution < 1.29 is 30.7 Å². The fourth-order valence-electron chi connectivity index (χ4n) is 3.43. The van der Waals surface area contributed by atoms with E-state index < -0.39 is 15.6 Å². The molecule has 0 radical (unpaired) electrons. The van der Waals surface area contributed by atoms with Crippen molar-refractivity contribution in [2.75, 3.05) is 19.0 Å². The number of fused-ring (bicyclic) bond motifs is 3. The maximum atomic E-state index is 10.7. The van der Waals surface area contributed by atoms with Crippen LogP contribution in [0, 0.1) is 0 Å². The minimum absolute atomic E-state index is 1.06. The van der Waals surface area contributed by atoms with Gasteiger partial charge in [0.05, 0.1) is 5.56 Å². The molecule has 0 bridgehead atoms. The third kappa shape index (κ3) is 5.05. The van der Waals surface area contributed by atoms with E-state index in [4.69, 9.17) is 13.0 Å². The van der Waals surface area contributed by atoms with Gasteiger partial charge in [0.15, 0.2) is 22.9 Å². The van der Waals surface area contributed by atoms with E-state index in [2.05, 4.69) is 90.4 Å². The van der Waals surface area contributed by atoms with Crippen LogP contribution in [0.25, 0.3) is 22.4 Å². The van der Waals surface area contributed by atoms with Crippen molar-refractivity contribution in [1.82, 2.24) is 0 Å². The molecule has 9 heteroatoms. The number of rotatable bonds is 2. The van der Waals surface area contributed by atoms with Gasteiger partial charge in [-0.05, 0) is 34.9 Å². The zero-order valence-electron chi connectivity index (χ0n) is 16.9. The second-order valence-corrected chi connectivity index (χ2v) is 8.58. The molecule has 0 unspecified atom stereocenters. The van der Waals surface area contributed by atoms with Gasteiger partial charge < -0.3 is 9.45 Å². The van der Waals surface area contributed by atoms with Gasteiger partial charge >= 0.3 is 5.51 Å². The van der Waals surface area contributed by atoms with Gasteiger partial charge in [-0.2, -0.15) is 17.7 Å². The highest BCUT2D eigenvalue weighted by Gasteiger charge is 2.36. The van der Waals surface area contributed by atoms with Crippen LogP contribution >= 0.6 is 0 Å². The molecule has 4 rings (SSSR count). The van der Waals surface area contributed by atoms with Crippen LogP contribution in [0.1, 0.15) is 5.56 Å². The number of aryl methyl sites for hydroxylation is 2. The molecule has 0 saturated heterocycles. The van der Waals surface area contributed by atoms with Gasteiger partial charge in [0, 0.05) is 38.3 Å². The molecular weight excluding hydrogens is 429 g/mol. The lowest BCUT2D eigenvalue weighted by atomic mass is 9.89. The molecule has 1 aliphatic heterocycles. The van der Waals surface area contributed by atoms with E-state index in [1.54, 1.807) is 0 Å². The van der Waals surface area contributed by atoms with Crippen LogP contribution in [0.4, 0.5) is 18.9 Å². The summed E-state index contributed by atoms with van der Waals surface area (Å²) >= 11 is 0. The van der Waals surface area contributed by atoms with E-state index in [-0.39, 0.29) is 0 Å². The van der Waals surface area contributed by atoms with Crippen molar-refractivity contribution in [2.24, 2.45) is 0 Å². The lowest BCUT2D eigenvalue weighted by molar-refractivity contribution is -0.687. The van der Waals surface area contributed by atoms with Gasteiger partial charge in [-0.25, -0.2) is 8.42 Å². The van der Waals surface area contributed by atoms with Crippen molar-refractivity contribution in [3.63, 3.8) is 0 Å². The fourth-order valence-corrected chi connectivity index (χ4v) is 3.43. The summed E-state index contributed by atoms with van der Waals surface area (Å²) in [5.74, 6) is 0. The van der Waals surface area contributed by atoms with E-state index >= 15 is 0 Å². The van der Waals surface area contributed by atoms with Crippen LogP contribution in [-0.2, 0) is 23.1 Å². The third-order valence-electron chi connectivity index (χ3n) is 4.95. The highest BCUT2D eigenvalue weighted by molar-refractivity contribution is 7.86. The van der Waals surface area contributed by atoms with Gasteiger partial charge in [0.25, 0.3) is 0 Å². The average molecular weight is 450 g/mol. The monoisotopic (exact) mass is 450 g/mol. The summed E-state index contributed by atoms with van der Waals surface area (Å²) in [5.41, 5.74) is 2.35. The molecule has 1 aliphatic rings. The second kappa shape index (κ2) is 8.68. The van der Waals surface area contributed by atoms with Crippen molar-refractivity contribution in [3.05, 3.63) is 72.4 Å². The Balaban J connectivity index is 0.000000293. The number of benzene rings is 2. The highest BCUT2D eigenvalue weighted by Crippen LogP contribution is 2.36. The molecule has 1 aromatic heterocycles. The standard InChI is InChI=1S/C21H21N2.CHF3O3S/c1-22(2)18-11-9-16(10-12-18)19-7-5-6-17-13-15-23-14-4-3-8-20(23)21(17)19;2-1(3,4)8(5,6)7/h3-12,14H,13,15H2,1-2H3;(H,5,6,7)/q+1;/p-1. The average Bonchev–Trinajstić information content (AvgIpc) is 2.72. The van der Waals surface area contributed by atoms with E-state index in [1.807, 2.05) is 0 Å². The maximum Gasteiger partial charge on any atom is 0.485 e. The normalized spacial score (nSPS) is 12.8. The number of alkyl halides is 3. The van der Waals surface area contributed by atoms with E-state index in [9.17, 15) is 13.2 Å². The number of hydrogen-bond acceptors (Lipinski definition) is 4. The largest absolute Gasteiger partial charge is 0.741 e. The van der Waals surface area contributed by atoms with E-state index in [0.29, 0.717) is 0 Å².